The Bertz CT molecular complexity index is 486. The van der Waals surface area contributed by atoms with Gasteiger partial charge in [0.2, 0.25) is 5.91 Å². The lowest BCUT2D eigenvalue weighted by molar-refractivity contribution is -0.187. The highest BCUT2D eigenvalue weighted by Crippen LogP contribution is 2.33. The maximum absolute atomic E-state index is 13.4. The van der Waals surface area contributed by atoms with E-state index in [0.717, 1.165) is 0 Å². The minimum Gasteiger partial charge on any atom is -0.342 e. The van der Waals surface area contributed by atoms with Crippen LogP contribution in [0.15, 0.2) is 24.3 Å². The van der Waals surface area contributed by atoms with E-state index >= 15 is 0 Å². The van der Waals surface area contributed by atoms with Gasteiger partial charge in [-0.25, -0.2) is 4.39 Å². The van der Waals surface area contributed by atoms with Gasteiger partial charge in [0.15, 0.2) is 0 Å². The number of amides is 1. The summed E-state index contributed by atoms with van der Waals surface area (Å²) in [5.41, 5.74) is 0.214. The predicted octanol–water partition coefficient (Wildman–Crippen LogP) is 3.17. The zero-order valence-corrected chi connectivity index (χ0v) is 10.8. The SMILES string of the molecule is O=C(Cc1ccccc1F)N1CCC[C@H](C(F)(F)F)C1. The summed E-state index contributed by atoms with van der Waals surface area (Å²) in [6.07, 6.45) is -4.10. The van der Waals surface area contributed by atoms with Crippen molar-refractivity contribution in [2.24, 2.45) is 5.92 Å². The molecule has 2 nitrogen and oxygen atoms in total. The van der Waals surface area contributed by atoms with Crippen LogP contribution in [0.5, 0.6) is 0 Å². The monoisotopic (exact) mass is 289 g/mol. The number of carbonyl (C=O) groups excluding carboxylic acids is 1. The highest BCUT2D eigenvalue weighted by atomic mass is 19.4. The van der Waals surface area contributed by atoms with Crippen LogP contribution in [0.3, 0.4) is 0 Å². The zero-order valence-electron chi connectivity index (χ0n) is 10.8. The second-order valence-corrected chi connectivity index (χ2v) is 4.99. The third kappa shape index (κ3) is 3.49. The molecular formula is C14H15F4NO. The van der Waals surface area contributed by atoms with Gasteiger partial charge < -0.3 is 4.90 Å². The number of hydrogen-bond acceptors (Lipinski definition) is 1. The van der Waals surface area contributed by atoms with Crippen LogP contribution in [-0.4, -0.2) is 30.1 Å². The van der Waals surface area contributed by atoms with Crippen LogP contribution in [-0.2, 0) is 11.2 Å². The molecule has 1 heterocycles. The first-order chi connectivity index (χ1) is 9.38. The van der Waals surface area contributed by atoms with E-state index in [1.54, 1.807) is 6.07 Å². The average molecular weight is 289 g/mol. The Morgan fingerprint density at radius 1 is 1.30 bits per heavy atom. The van der Waals surface area contributed by atoms with Gasteiger partial charge in [-0.05, 0) is 24.5 Å². The third-order valence-electron chi connectivity index (χ3n) is 3.54. The molecule has 1 aliphatic rings. The van der Waals surface area contributed by atoms with Crippen molar-refractivity contribution in [3.05, 3.63) is 35.6 Å². The number of rotatable bonds is 2. The van der Waals surface area contributed by atoms with E-state index in [9.17, 15) is 22.4 Å². The summed E-state index contributed by atoms with van der Waals surface area (Å²) in [5.74, 6) is -2.44. The Kier molecular flexibility index (Phi) is 4.30. The van der Waals surface area contributed by atoms with Crippen molar-refractivity contribution >= 4 is 5.91 Å². The molecule has 1 fully saturated rings. The van der Waals surface area contributed by atoms with E-state index in [1.807, 2.05) is 0 Å². The van der Waals surface area contributed by atoms with Gasteiger partial charge in [0.05, 0.1) is 12.3 Å². The molecule has 0 aliphatic carbocycles. The quantitative estimate of drug-likeness (QED) is 0.766. The minimum atomic E-state index is -4.28. The molecule has 1 aromatic carbocycles. The van der Waals surface area contributed by atoms with Gasteiger partial charge in [-0.15, -0.1) is 0 Å². The number of carbonyl (C=O) groups is 1. The second kappa shape index (κ2) is 5.81. The van der Waals surface area contributed by atoms with Crippen molar-refractivity contribution in [3.8, 4) is 0 Å². The van der Waals surface area contributed by atoms with Crippen molar-refractivity contribution in [3.63, 3.8) is 0 Å². The number of piperidine rings is 1. The molecule has 110 valence electrons. The summed E-state index contributed by atoms with van der Waals surface area (Å²) < 4.78 is 51.4. The van der Waals surface area contributed by atoms with Crippen LogP contribution in [0.2, 0.25) is 0 Å². The second-order valence-electron chi connectivity index (χ2n) is 4.99. The molecule has 20 heavy (non-hydrogen) atoms. The molecule has 0 unspecified atom stereocenters. The normalized spacial score (nSPS) is 20.0. The van der Waals surface area contributed by atoms with Crippen molar-refractivity contribution in [1.29, 1.82) is 0 Å². The highest BCUT2D eigenvalue weighted by molar-refractivity contribution is 5.78. The lowest BCUT2D eigenvalue weighted by Gasteiger charge is -2.33. The van der Waals surface area contributed by atoms with Gasteiger partial charge in [-0.2, -0.15) is 13.2 Å². The summed E-state index contributed by atoms with van der Waals surface area (Å²) in [5, 5.41) is 0. The largest absolute Gasteiger partial charge is 0.393 e. The van der Waals surface area contributed by atoms with Crippen LogP contribution >= 0.6 is 0 Å². The summed E-state index contributed by atoms with van der Waals surface area (Å²) in [4.78, 5) is 13.2. The topological polar surface area (TPSA) is 20.3 Å². The molecule has 1 saturated heterocycles. The molecule has 0 radical (unpaired) electrons. The van der Waals surface area contributed by atoms with Crippen LogP contribution in [0.1, 0.15) is 18.4 Å². The number of halogens is 4. The van der Waals surface area contributed by atoms with Gasteiger partial charge >= 0.3 is 6.18 Å². The smallest absolute Gasteiger partial charge is 0.342 e. The van der Waals surface area contributed by atoms with Gasteiger partial charge in [-0.1, -0.05) is 18.2 Å². The molecule has 0 bridgehead atoms. The molecule has 0 spiro atoms. The first-order valence-corrected chi connectivity index (χ1v) is 6.46. The van der Waals surface area contributed by atoms with Gasteiger partial charge in [0, 0.05) is 13.1 Å². The molecule has 1 amide bonds. The van der Waals surface area contributed by atoms with Crippen molar-refractivity contribution in [2.75, 3.05) is 13.1 Å². The van der Waals surface area contributed by atoms with Crippen LogP contribution < -0.4 is 0 Å². The first-order valence-electron chi connectivity index (χ1n) is 6.46. The van der Waals surface area contributed by atoms with Crippen LogP contribution in [0, 0.1) is 11.7 Å². The molecule has 0 aromatic heterocycles. The average Bonchev–Trinajstić information content (AvgIpc) is 2.40. The van der Waals surface area contributed by atoms with E-state index < -0.39 is 23.8 Å². The number of alkyl halides is 3. The van der Waals surface area contributed by atoms with Crippen LogP contribution in [0.4, 0.5) is 17.6 Å². The van der Waals surface area contributed by atoms with Crippen molar-refractivity contribution in [1.82, 2.24) is 4.90 Å². The summed E-state index contributed by atoms with van der Waals surface area (Å²) in [6.45, 7) is -0.0172. The number of hydrogen-bond donors (Lipinski definition) is 0. The fourth-order valence-electron chi connectivity index (χ4n) is 2.39. The maximum Gasteiger partial charge on any atom is 0.393 e. The Morgan fingerprint density at radius 3 is 2.65 bits per heavy atom. The molecule has 0 N–H and O–H groups in total. The molecule has 2 rings (SSSR count). The molecule has 1 aliphatic heterocycles. The third-order valence-corrected chi connectivity index (χ3v) is 3.54. The zero-order chi connectivity index (χ0) is 14.8. The first kappa shape index (κ1) is 14.8. The maximum atomic E-state index is 13.4. The van der Waals surface area contributed by atoms with Gasteiger partial charge in [-0.3, -0.25) is 4.79 Å². The molecular weight excluding hydrogens is 274 g/mol. The molecule has 6 heteroatoms. The number of likely N-dealkylation sites (tertiary alicyclic amines) is 1. The predicted molar refractivity (Wildman–Crippen MR) is 65.5 cm³/mol. The summed E-state index contributed by atoms with van der Waals surface area (Å²) >= 11 is 0. The highest BCUT2D eigenvalue weighted by Gasteiger charge is 2.42. The summed E-state index contributed by atoms with van der Waals surface area (Å²) in [6, 6.07) is 5.81. The number of nitrogens with zero attached hydrogens (tertiary/aromatic N) is 1. The number of benzene rings is 1. The molecule has 1 aromatic rings. The molecule has 1 atom stereocenters. The fraction of sp³-hybridized carbons (Fsp3) is 0.500. The van der Waals surface area contributed by atoms with Crippen LogP contribution in [0.25, 0.3) is 0 Å². The van der Waals surface area contributed by atoms with E-state index in [2.05, 4.69) is 0 Å². The summed E-state index contributed by atoms with van der Waals surface area (Å²) in [7, 11) is 0. The Balaban J connectivity index is 2.01. The van der Waals surface area contributed by atoms with Crippen molar-refractivity contribution in [2.45, 2.75) is 25.4 Å². The lowest BCUT2D eigenvalue weighted by Crippen LogP contribution is -2.45. The van der Waals surface area contributed by atoms with Crippen molar-refractivity contribution < 1.29 is 22.4 Å². The van der Waals surface area contributed by atoms with Gasteiger partial charge in [0.25, 0.3) is 0 Å². The van der Waals surface area contributed by atoms with E-state index in [1.165, 1.54) is 23.1 Å². The molecule has 0 saturated carbocycles. The van der Waals surface area contributed by atoms with Gasteiger partial charge in [0.1, 0.15) is 5.82 Å². The standard InChI is InChI=1S/C14H15F4NO/c15-12-6-2-1-4-10(12)8-13(20)19-7-3-5-11(9-19)14(16,17)18/h1-2,4,6,11H,3,5,7-9H2/t11-/m0/s1. The lowest BCUT2D eigenvalue weighted by atomic mass is 9.97. The Hall–Kier alpha value is -1.59. The minimum absolute atomic E-state index is 0.0486. The van der Waals surface area contributed by atoms with E-state index in [-0.39, 0.29) is 24.9 Å². The Labute approximate surface area is 114 Å². The van der Waals surface area contributed by atoms with E-state index in [0.29, 0.717) is 13.0 Å². The van der Waals surface area contributed by atoms with E-state index in [4.69, 9.17) is 0 Å². The Morgan fingerprint density at radius 2 is 2.00 bits per heavy atom. The fourth-order valence-corrected chi connectivity index (χ4v) is 2.39.